The van der Waals surface area contributed by atoms with E-state index in [1.54, 1.807) is 12.1 Å². The Bertz CT molecular complexity index is 723. The Kier molecular flexibility index (Phi) is 6.78. The van der Waals surface area contributed by atoms with Gasteiger partial charge in [0.05, 0.1) is 0 Å². The largest absolute Gasteiger partial charge is 0.488 e. The highest BCUT2D eigenvalue weighted by molar-refractivity contribution is 5.96. The molecule has 4 heteroatoms. The molecule has 2 aromatic rings. The van der Waals surface area contributed by atoms with Gasteiger partial charge in [-0.25, -0.2) is 0 Å². The average Bonchev–Trinajstić information content (AvgIpc) is 2.60. The number of ketones is 1. The van der Waals surface area contributed by atoms with E-state index in [0.29, 0.717) is 18.1 Å². The van der Waals surface area contributed by atoms with Crippen molar-refractivity contribution in [3.63, 3.8) is 0 Å². The molecule has 0 heterocycles. The Morgan fingerprint density at radius 1 is 1.04 bits per heavy atom. The molecule has 0 fully saturated rings. The second kappa shape index (κ2) is 9.04. The van der Waals surface area contributed by atoms with Crippen molar-refractivity contribution in [2.24, 2.45) is 0 Å². The molecule has 0 amide bonds. The van der Waals surface area contributed by atoms with Crippen molar-refractivity contribution in [2.45, 2.75) is 19.9 Å². The molecule has 0 saturated heterocycles. The first-order valence-corrected chi connectivity index (χ1v) is 8.31. The summed E-state index contributed by atoms with van der Waals surface area (Å²) in [6, 6.07) is 17.3. The zero-order chi connectivity index (χ0) is 18.2. The number of nitrogens with zero attached hydrogens (tertiary/aromatic N) is 1. The van der Waals surface area contributed by atoms with E-state index in [9.17, 15) is 4.79 Å². The SMILES string of the molecule is CC(=O)/C(=C\c1ccccc1)Oc1ccccc1OCC(C)N(C)C. The maximum absolute atomic E-state index is 12.0. The highest BCUT2D eigenvalue weighted by Gasteiger charge is 2.13. The Morgan fingerprint density at radius 2 is 1.64 bits per heavy atom. The molecule has 2 aromatic carbocycles. The van der Waals surface area contributed by atoms with Gasteiger partial charge in [-0.3, -0.25) is 4.79 Å². The topological polar surface area (TPSA) is 38.8 Å². The minimum Gasteiger partial charge on any atom is -0.488 e. The van der Waals surface area contributed by atoms with Gasteiger partial charge in [0.2, 0.25) is 0 Å². The van der Waals surface area contributed by atoms with Crippen molar-refractivity contribution >= 4 is 11.9 Å². The molecule has 2 rings (SSSR count). The predicted molar refractivity (Wildman–Crippen MR) is 101 cm³/mol. The highest BCUT2D eigenvalue weighted by atomic mass is 16.5. The van der Waals surface area contributed by atoms with E-state index < -0.39 is 0 Å². The quantitative estimate of drug-likeness (QED) is 0.538. The van der Waals surface area contributed by atoms with Crippen LogP contribution in [0.4, 0.5) is 0 Å². The first-order chi connectivity index (χ1) is 12.0. The number of allylic oxidation sites excluding steroid dienone is 1. The lowest BCUT2D eigenvalue weighted by atomic mass is 10.2. The smallest absolute Gasteiger partial charge is 0.194 e. The molecule has 4 nitrogen and oxygen atoms in total. The Morgan fingerprint density at radius 3 is 2.24 bits per heavy atom. The van der Waals surface area contributed by atoms with Gasteiger partial charge in [-0.1, -0.05) is 42.5 Å². The molecule has 0 N–H and O–H groups in total. The van der Waals surface area contributed by atoms with E-state index in [4.69, 9.17) is 9.47 Å². The van der Waals surface area contributed by atoms with E-state index in [-0.39, 0.29) is 17.6 Å². The molecule has 0 aliphatic carbocycles. The van der Waals surface area contributed by atoms with Gasteiger partial charge in [0.15, 0.2) is 23.0 Å². The second-order valence-electron chi connectivity index (χ2n) is 6.15. The number of ether oxygens (including phenoxy) is 2. The van der Waals surface area contributed by atoms with Crippen LogP contribution in [0.5, 0.6) is 11.5 Å². The number of rotatable bonds is 8. The third-order valence-corrected chi connectivity index (χ3v) is 3.87. The molecule has 0 aliphatic heterocycles. The summed E-state index contributed by atoms with van der Waals surface area (Å²) in [7, 11) is 4.01. The van der Waals surface area contributed by atoms with Crippen LogP contribution in [0, 0.1) is 0 Å². The molecule has 0 bridgehead atoms. The second-order valence-corrected chi connectivity index (χ2v) is 6.15. The standard InChI is InChI=1S/C21H25NO3/c1-16(22(3)4)15-24-19-12-8-9-13-20(19)25-21(17(2)23)14-18-10-6-5-7-11-18/h5-14,16H,15H2,1-4H3/b21-14+. The maximum atomic E-state index is 12.0. The van der Waals surface area contributed by atoms with Gasteiger partial charge in [-0.05, 0) is 44.8 Å². The van der Waals surface area contributed by atoms with Gasteiger partial charge in [0, 0.05) is 13.0 Å². The van der Waals surface area contributed by atoms with E-state index in [1.165, 1.54) is 6.92 Å². The average molecular weight is 339 g/mol. The summed E-state index contributed by atoms with van der Waals surface area (Å²) >= 11 is 0. The number of hydrogen-bond donors (Lipinski definition) is 0. The van der Waals surface area contributed by atoms with Gasteiger partial charge < -0.3 is 14.4 Å². The van der Waals surface area contributed by atoms with Crippen LogP contribution in [0.25, 0.3) is 6.08 Å². The van der Waals surface area contributed by atoms with Crippen LogP contribution in [-0.2, 0) is 4.79 Å². The molecule has 0 spiro atoms. The maximum Gasteiger partial charge on any atom is 0.194 e. The van der Waals surface area contributed by atoms with Crippen LogP contribution >= 0.6 is 0 Å². The molecular weight excluding hydrogens is 314 g/mol. The Labute approximate surface area is 149 Å². The van der Waals surface area contributed by atoms with Crippen molar-refractivity contribution in [3.8, 4) is 11.5 Å². The van der Waals surface area contributed by atoms with Crippen LogP contribution < -0.4 is 9.47 Å². The molecule has 1 atom stereocenters. The Balaban J connectivity index is 2.20. The number of hydrogen-bond acceptors (Lipinski definition) is 4. The third-order valence-electron chi connectivity index (χ3n) is 3.87. The summed E-state index contributed by atoms with van der Waals surface area (Å²) in [5, 5.41) is 0. The summed E-state index contributed by atoms with van der Waals surface area (Å²) in [6.07, 6.45) is 1.74. The van der Waals surface area contributed by atoms with Crippen molar-refractivity contribution in [2.75, 3.05) is 20.7 Å². The van der Waals surface area contributed by atoms with E-state index in [2.05, 4.69) is 11.8 Å². The monoisotopic (exact) mass is 339 g/mol. The lowest BCUT2D eigenvalue weighted by Gasteiger charge is -2.21. The van der Waals surface area contributed by atoms with E-state index in [1.807, 2.05) is 62.6 Å². The van der Waals surface area contributed by atoms with Crippen LogP contribution in [0.1, 0.15) is 19.4 Å². The van der Waals surface area contributed by atoms with Crippen molar-refractivity contribution < 1.29 is 14.3 Å². The van der Waals surface area contributed by atoms with Crippen LogP contribution in [-0.4, -0.2) is 37.4 Å². The number of carbonyl (C=O) groups excluding carboxylic acids is 1. The van der Waals surface area contributed by atoms with Gasteiger partial charge in [0.1, 0.15) is 6.61 Å². The molecule has 0 saturated carbocycles. The first kappa shape index (κ1) is 18.7. The van der Waals surface area contributed by atoms with Crippen molar-refractivity contribution in [1.29, 1.82) is 0 Å². The summed E-state index contributed by atoms with van der Waals surface area (Å²) in [4.78, 5) is 14.1. The minimum absolute atomic E-state index is 0.139. The molecular formula is C21H25NO3. The summed E-state index contributed by atoms with van der Waals surface area (Å²) in [5.41, 5.74) is 0.910. The molecule has 0 aliphatic rings. The fourth-order valence-corrected chi connectivity index (χ4v) is 2.04. The van der Waals surface area contributed by atoms with Gasteiger partial charge in [0.25, 0.3) is 0 Å². The molecule has 132 valence electrons. The number of Topliss-reactive ketones (excluding diaryl/α,β-unsaturated/α-hetero) is 1. The number of para-hydroxylation sites is 2. The minimum atomic E-state index is -0.139. The summed E-state index contributed by atoms with van der Waals surface area (Å²) in [6.45, 7) is 4.11. The predicted octanol–water partition coefficient (Wildman–Crippen LogP) is 4.02. The fraction of sp³-hybridized carbons (Fsp3) is 0.286. The van der Waals surface area contributed by atoms with Gasteiger partial charge in [-0.15, -0.1) is 0 Å². The first-order valence-electron chi connectivity index (χ1n) is 8.31. The van der Waals surface area contributed by atoms with Gasteiger partial charge >= 0.3 is 0 Å². The summed E-state index contributed by atoms with van der Waals surface area (Å²) < 4.78 is 11.8. The molecule has 0 radical (unpaired) electrons. The van der Waals surface area contributed by atoms with Crippen LogP contribution in [0.2, 0.25) is 0 Å². The molecule has 0 aromatic heterocycles. The zero-order valence-corrected chi connectivity index (χ0v) is 15.2. The van der Waals surface area contributed by atoms with Gasteiger partial charge in [-0.2, -0.15) is 0 Å². The summed E-state index contributed by atoms with van der Waals surface area (Å²) in [5.74, 6) is 1.30. The van der Waals surface area contributed by atoms with Crippen molar-refractivity contribution in [1.82, 2.24) is 4.90 Å². The number of carbonyl (C=O) groups is 1. The highest BCUT2D eigenvalue weighted by Crippen LogP contribution is 2.29. The molecule has 1 unspecified atom stereocenters. The lowest BCUT2D eigenvalue weighted by molar-refractivity contribution is -0.115. The number of likely N-dealkylation sites (N-methyl/N-ethyl adjacent to an activating group) is 1. The van der Waals surface area contributed by atoms with E-state index >= 15 is 0 Å². The zero-order valence-electron chi connectivity index (χ0n) is 15.2. The fourth-order valence-electron chi connectivity index (χ4n) is 2.04. The van der Waals surface area contributed by atoms with E-state index in [0.717, 1.165) is 5.56 Å². The third kappa shape index (κ3) is 5.76. The number of benzene rings is 2. The normalized spacial score (nSPS) is 12.8. The van der Waals surface area contributed by atoms with Crippen molar-refractivity contribution in [3.05, 3.63) is 65.9 Å². The molecule has 25 heavy (non-hydrogen) atoms. The van der Waals surface area contributed by atoms with Crippen LogP contribution in [0.15, 0.2) is 60.4 Å². The Hall–Kier alpha value is -2.59. The lowest BCUT2D eigenvalue weighted by Crippen LogP contribution is -2.30. The van der Waals surface area contributed by atoms with Crippen LogP contribution in [0.3, 0.4) is 0 Å².